The molecule has 2 aromatic rings. The average molecular weight is 362 g/mol. The molecule has 0 radical (unpaired) electrons. The molecule has 0 saturated carbocycles. The highest BCUT2D eigenvalue weighted by Crippen LogP contribution is 2.17. The van der Waals surface area contributed by atoms with Crippen LogP contribution in [0.3, 0.4) is 0 Å². The minimum absolute atomic E-state index is 0. The van der Waals surface area contributed by atoms with Crippen LogP contribution in [0, 0.1) is 6.92 Å². The van der Waals surface area contributed by atoms with Crippen LogP contribution in [0.1, 0.15) is 21.5 Å². The number of anilines is 1. The van der Waals surface area contributed by atoms with Gasteiger partial charge >= 0.3 is 0 Å². The van der Waals surface area contributed by atoms with Gasteiger partial charge in [-0.1, -0.05) is 36.4 Å². The van der Waals surface area contributed by atoms with Gasteiger partial charge < -0.3 is 16.0 Å². The summed E-state index contributed by atoms with van der Waals surface area (Å²) in [5.74, 6) is -0.372. The third-order valence-electron chi connectivity index (χ3n) is 3.78. The molecule has 0 fully saturated rings. The van der Waals surface area contributed by atoms with E-state index in [4.69, 9.17) is 5.73 Å². The summed E-state index contributed by atoms with van der Waals surface area (Å²) in [4.78, 5) is 26.0. The maximum Gasteiger partial charge on any atom is 0.253 e. The normalized spacial score (nSPS) is 11.2. The highest BCUT2D eigenvalue weighted by Gasteiger charge is 2.16. The number of hydrogen-bond acceptors (Lipinski definition) is 3. The predicted octanol–water partition coefficient (Wildman–Crippen LogP) is 2.63. The van der Waals surface area contributed by atoms with E-state index in [-0.39, 0.29) is 24.2 Å². The van der Waals surface area contributed by atoms with Crippen molar-refractivity contribution in [3.05, 3.63) is 65.2 Å². The Bertz CT molecular complexity index is 733. The standard InChI is InChI=1S/C19H23N3O2.ClH/c1-13-9-10-15(12-16(13)19(24)22(2)3)21-18(23)17(20)11-14-7-5-4-6-8-14;/h4-10,12,17H,11,20H2,1-3H3,(H,21,23);1H/t17-;/m0./s1. The molecular formula is C19H24ClN3O2. The Balaban J connectivity index is 0.00000312. The Hall–Kier alpha value is -2.37. The van der Waals surface area contributed by atoms with Gasteiger partial charge in [0.1, 0.15) is 0 Å². The fourth-order valence-electron chi connectivity index (χ4n) is 2.37. The van der Waals surface area contributed by atoms with Crippen molar-refractivity contribution in [3.8, 4) is 0 Å². The van der Waals surface area contributed by atoms with Crippen LogP contribution in [0.4, 0.5) is 5.69 Å². The molecule has 5 nitrogen and oxygen atoms in total. The third kappa shape index (κ3) is 5.59. The topological polar surface area (TPSA) is 75.4 Å². The largest absolute Gasteiger partial charge is 0.345 e. The van der Waals surface area contributed by atoms with Gasteiger partial charge in [0, 0.05) is 25.3 Å². The number of hydrogen-bond donors (Lipinski definition) is 2. The van der Waals surface area contributed by atoms with E-state index in [1.165, 1.54) is 4.90 Å². The van der Waals surface area contributed by atoms with Gasteiger partial charge in [-0.3, -0.25) is 9.59 Å². The van der Waals surface area contributed by atoms with Crippen molar-refractivity contribution < 1.29 is 9.59 Å². The van der Waals surface area contributed by atoms with Crippen molar-refractivity contribution in [1.29, 1.82) is 0 Å². The van der Waals surface area contributed by atoms with Crippen molar-refractivity contribution in [2.75, 3.05) is 19.4 Å². The number of aryl methyl sites for hydroxylation is 1. The number of benzene rings is 2. The zero-order valence-electron chi connectivity index (χ0n) is 14.7. The van der Waals surface area contributed by atoms with Gasteiger partial charge in [0.15, 0.2) is 0 Å². The molecule has 6 heteroatoms. The molecule has 0 saturated heterocycles. The summed E-state index contributed by atoms with van der Waals surface area (Å²) in [6.45, 7) is 1.86. The molecule has 3 N–H and O–H groups in total. The molecule has 0 aliphatic rings. The molecule has 25 heavy (non-hydrogen) atoms. The summed E-state index contributed by atoms with van der Waals surface area (Å²) >= 11 is 0. The van der Waals surface area contributed by atoms with Gasteiger partial charge in [-0.05, 0) is 36.6 Å². The van der Waals surface area contributed by atoms with Crippen molar-refractivity contribution in [3.63, 3.8) is 0 Å². The van der Waals surface area contributed by atoms with Crippen molar-refractivity contribution >= 4 is 29.9 Å². The lowest BCUT2D eigenvalue weighted by atomic mass is 10.0. The monoisotopic (exact) mass is 361 g/mol. The molecule has 1 atom stereocenters. The lowest BCUT2D eigenvalue weighted by Crippen LogP contribution is -2.37. The van der Waals surface area contributed by atoms with Crippen LogP contribution < -0.4 is 11.1 Å². The minimum Gasteiger partial charge on any atom is -0.345 e. The SMILES string of the molecule is Cc1ccc(NC(=O)[C@@H](N)Cc2ccccc2)cc1C(=O)N(C)C.Cl. The third-order valence-corrected chi connectivity index (χ3v) is 3.78. The lowest BCUT2D eigenvalue weighted by Gasteiger charge is -2.16. The van der Waals surface area contributed by atoms with Crippen molar-refractivity contribution in [1.82, 2.24) is 4.90 Å². The summed E-state index contributed by atoms with van der Waals surface area (Å²) in [6.07, 6.45) is 0.460. The van der Waals surface area contributed by atoms with E-state index in [0.29, 0.717) is 17.7 Å². The van der Waals surface area contributed by atoms with Gasteiger partial charge in [0.2, 0.25) is 5.91 Å². The molecule has 0 unspecified atom stereocenters. The van der Waals surface area contributed by atoms with Crippen LogP contribution in [-0.4, -0.2) is 36.9 Å². The first-order chi connectivity index (χ1) is 11.4. The second-order valence-electron chi connectivity index (χ2n) is 6.01. The van der Waals surface area contributed by atoms with Crippen LogP contribution in [0.15, 0.2) is 48.5 Å². The van der Waals surface area contributed by atoms with E-state index in [0.717, 1.165) is 11.1 Å². The minimum atomic E-state index is -0.651. The molecule has 0 aliphatic carbocycles. The van der Waals surface area contributed by atoms with Crippen LogP contribution in [0.2, 0.25) is 0 Å². The second kappa shape index (κ2) is 9.20. The maximum absolute atomic E-state index is 12.3. The molecule has 0 aliphatic heterocycles. The number of amides is 2. The Morgan fingerprint density at radius 2 is 1.76 bits per heavy atom. The Morgan fingerprint density at radius 3 is 2.36 bits per heavy atom. The van der Waals surface area contributed by atoms with E-state index in [9.17, 15) is 9.59 Å². The molecule has 0 aromatic heterocycles. The van der Waals surface area contributed by atoms with E-state index in [1.54, 1.807) is 26.2 Å². The molecule has 0 bridgehead atoms. The first-order valence-electron chi connectivity index (χ1n) is 7.81. The first kappa shape index (κ1) is 20.7. The van der Waals surface area contributed by atoms with Crippen molar-refractivity contribution in [2.24, 2.45) is 5.73 Å². The van der Waals surface area contributed by atoms with Gasteiger partial charge in [-0.15, -0.1) is 12.4 Å². The van der Waals surface area contributed by atoms with Crippen molar-refractivity contribution in [2.45, 2.75) is 19.4 Å². The zero-order chi connectivity index (χ0) is 17.7. The molecule has 2 rings (SSSR count). The molecule has 134 valence electrons. The number of carbonyl (C=O) groups is 2. The summed E-state index contributed by atoms with van der Waals surface area (Å²) in [5, 5.41) is 2.79. The molecule has 0 heterocycles. The quantitative estimate of drug-likeness (QED) is 0.859. The Labute approximate surface area is 154 Å². The Morgan fingerprint density at radius 1 is 1.12 bits per heavy atom. The number of rotatable bonds is 5. The summed E-state index contributed by atoms with van der Waals surface area (Å²) in [6, 6.07) is 14.2. The van der Waals surface area contributed by atoms with Crippen LogP contribution in [-0.2, 0) is 11.2 Å². The van der Waals surface area contributed by atoms with Gasteiger partial charge in [-0.25, -0.2) is 0 Å². The Kier molecular flexibility index (Phi) is 7.61. The van der Waals surface area contributed by atoms with Crippen LogP contribution >= 0.6 is 12.4 Å². The summed E-state index contributed by atoms with van der Waals surface area (Å²) < 4.78 is 0. The predicted molar refractivity (Wildman–Crippen MR) is 103 cm³/mol. The average Bonchev–Trinajstić information content (AvgIpc) is 2.56. The molecule has 0 spiro atoms. The fraction of sp³-hybridized carbons (Fsp3) is 0.263. The summed E-state index contributed by atoms with van der Waals surface area (Å²) in [5.41, 5.74) is 8.99. The van der Waals surface area contributed by atoms with Crippen LogP contribution in [0.25, 0.3) is 0 Å². The number of carbonyl (C=O) groups excluding carboxylic acids is 2. The summed E-state index contributed by atoms with van der Waals surface area (Å²) in [7, 11) is 3.39. The van der Waals surface area contributed by atoms with Gasteiger partial charge in [-0.2, -0.15) is 0 Å². The van der Waals surface area contributed by atoms with Gasteiger partial charge in [0.05, 0.1) is 6.04 Å². The highest BCUT2D eigenvalue weighted by atomic mass is 35.5. The van der Waals surface area contributed by atoms with Gasteiger partial charge in [0.25, 0.3) is 5.91 Å². The number of nitrogens with two attached hydrogens (primary N) is 1. The second-order valence-corrected chi connectivity index (χ2v) is 6.01. The van der Waals surface area contributed by atoms with E-state index >= 15 is 0 Å². The highest BCUT2D eigenvalue weighted by molar-refractivity contribution is 5.99. The number of nitrogens with one attached hydrogen (secondary N) is 1. The maximum atomic E-state index is 12.3. The zero-order valence-corrected chi connectivity index (χ0v) is 15.5. The number of halogens is 1. The smallest absolute Gasteiger partial charge is 0.253 e. The van der Waals surface area contributed by atoms with E-state index in [1.807, 2.05) is 43.3 Å². The molecule has 2 amide bonds. The molecule has 2 aromatic carbocycles. The van der Waals surface area contributed by atoms with Crippen LogP contribution in [0.5, 0.6) is 0 Å². The first-order valence-corrected chi connectivity index (χ1v) is 7.81. The lowest BCUT2D eigenvalue weighted by molar-refractivity contribution is -0.117. The fourth-order valence-corrected chi connectivity index (χ4v) is 2.37. The van der Waals surface area contributed by atoms with E-state index < -0.39 is 6.04 Å². The molecular weight excluding hydrogens is 338 g/mol. The number of nitrogens with zero attached hydrogens (tertiary/aromatic N) is 1. The van der Waals surface area contributed by atoms with E-state index in [2.05, 4.69) is 5.32 Å².